The number of sulfone groups is 1. The molecule has 4 nitrogen and oxygen atoms in total. The molecule has 3 N–H and O–H groups in total. The fourth-order valence-electron chi connectivity index (χ4n) is 2.29. The van der Waals surface area contributed by atoms with Gasteiger partial charge in [-0.1, -0.05) is 29.8 Å². The Balaban J connectivity index is 2.26. The monoisotopic (exact) mass is 274 g/mol. The molecule has 1 saturated heterocycles. The van der Waals surface area contributed by atoms with Gasteiger partial charge < -0.3 is 0 Å². The van der Waals surface area contributed by atoms with E-state index in [0.717, 1.165) is 5.56 Å². The number of hydrogen-bond acceptors (Lipinski definition) is 4. The summed E-state index contributed by atoms with van der Waals surface area (Å²) in [6, 6.07) is 7.16. The highest BCUT2D eigenvalue weighted by atomic mass is 35.5. The Bertz CT molecular complexity index is 504. The molecule has 1 aromatic rings. The van der Waals surface area contributed by atoms with Crippen LogP contribution in [0.1, 0.15) is 18.0 Å². The van der Waals surface area contributed by atoms with Crippen molar-refractivity contribution >= 4 is 21.4 Å². The third-order valence-electron chi connectivity index (χ3n) is 3.16. The smallest absolute Gasteiger partial charge is 0.150 e. The molecule has 2 atom stereocenters. The van der Waals surface area contributed by atoms with Gasteiger partial charge in [-0.05, 0) is 24.0 Å². The van der Waals surface area contributed by atoms with Gasteiger partial charge >= 0.3 is 0 Å². The SMILES string of the molecule is NNC(c1ccccc1Cl)C1CCS(=O)(=O)C1. The molecule has 1 aliphatic heterocycles. The number of nitrogens with two attached hydrogens (primary N) is 1. The van der Waals surface area contributed by atoms with Crippen molar-refractivity contribution in [1.82, 2.24) is 5.43 Å². The van der Waals surface area contributed by atoms with Gasteiger partial charge in [0.15, 0.2) is 9.84 Å². The van der Waals surface area contributed by atoms with Crippen LogP contribution in [0.5, 0.6) is 0 Å². The Kier molecular flexibility index (Phi) is 3.73. The van der Waals surface area contributed by atoms with Crippen LogP contribution in [0.3, 0.4) is 0 Å². The molecule has 1 aliphatic rings. The minimum Gasteiger partial charge on any atom is -0.271 e. The minimum absolute atomic E-state index is 0.00935. The summed E-state index contributed by atoms with van der Waals surface area (Å²) in [7, 11) is -2.91. The van der Waals surface area contributed by atoms with Crippen LogP contribution in [0.2, 0.25) is 5.02 Å². The molecule has 17 heavy (non-hydrogen) atoms. The van der Waals surface area contributed by atoms with Crippen molar-refractivity contribution in [3.8, 4) is 0 Å². The van der Waals surface area contributed by atoms with E-state index in [1.54, 1.807) is 6.07 Å². The molecule has 1 aromatic carbocycles. The number of hydrazine groups is 1. The second-order valence-corrected chi connectivity index (χ2v) is 6.96. The minimum atomic E-state index is -2.91. The van der Waals surface area contributed by atoms with E-state index in [2.05, 4.69) is 5.43 Å². The highest BCUT2D eigenvalue weighted by Crippen LogP contribution is 2.33. The maximum Gasteiger partial charge on any atom is 0.150 e. The van der Waals surface area contributed by atoms with E-state index in [9.17, 15) is 8.42 Å². The zero-order valence-electron chi connectivity index (χ0n) is 9.27. The third-order valence-corrected chi connectivity index (χ3v) is 5.30. The Morgan fingerprint density at radius 1 is 1.41 bits per heavy atom. The van der Waals surface area contributed by atoms with Crippen molar-refractivity contribution in [2.75, 3.05) is 11.5 Å². The molecule has 0 aromatic heterocycles. The Morgan fingerprint density at radius 3 is 2.65 bits per heavy atom. The molecule has 6 heteroatoms. The normalized spacial score (nSPS) is 24.7. The number of nitrogens with one attached hydrogen (secondary N) is 1. The number of benzene rings is 1. The van der Waals surface area contributed by atoms with Crippen LogP contribution in [0.15, 0.2) is 24.3 Å². The van der Waals surface area contributed by atoms with Crippen LogP contribution < -0.4 is 11.3 Å². The average Bonchev–Trinajstić information content (AvgIpc) is 2.63. The molecule has 0 bridgehead atoms. The molecular formula is C11H15ClN2O2S. The summed E-state index contributed by atoms with van der Waals surface area (Å²) in [4.78, 5) is 0. The second-order valence-electron chi connectivity index (χ2n) is 4.33. The first-order valence-corrected chi connectivity index (χ1v) is 7.64. The second kappa shape index (κ2) is 4.94. The van der Waals surface area contributed by atoms with Gasteiger partial charge in [0.2, 0.25) is 0 Å². The summed E-state index contributed by atoms with van der Waals surface area (Å²) in [6.45, 7) is 0. The molecule has 94 valence electrons. The predicted octanol–water partition coefficient (Wildman–Crippen LogP) is 1.28. The Labute approximate surface area is 106 Å². The maximum absolute atomic E-state index is 11.5. The lowest BCUT2D eigenvalue weighted by atomic mass is 9.93. The van der Waals surface area contributed by atoms with Crippen LogP contribution in [-0.4, -0.2) is 19.9 Å². The van der Waals surface area contributed by atoms with Crippen molar-refractivity contribution < 1.29 is 8.42 Å². The topological polar surface area (TPSA) is 72.2 Å². The lowest BCUT2D eigenvalue weighted by molar-refractivity contribution is 0.399. The van der Waals surface area contributed by atoms with Gasteiger partial charge in [0.25, 0.3) is 0 Å². The Hall–Kier alpha value is -0.620. The lowest BCUT2D eigenvalue weighted by Crippen LogP contribution is -2.34. The summed E-state index contributed by atoms with van der Waals surface area (Å²) in [5.74, 6) is 5.94. The number of halogens is 1. The maximum atomic E-state index is 11.5. The average molecular weight is 275 g/mol. The van der Waals surface area contributed by atoms with Gasteiger partial charge in [-0.2, -0.15) is 0 Å². The summed E-state index contributed by atoms with van der Waals surface area (Å²) in [6.07, 6.45) is 0.627. The molecule has 0 radical (unpaired) electrons. The zero-order chi connectivity index (χ0) is 12.5. The molecule has 1 heterocycles. The first-order valence-electron chi connectivity index (χ1n) is 5.44. The van der Waals surface area contributed by atoms with E-state index in [1.165, 1.54) is 0 Å². The van der Waals surface area contributed by atoms with Crippen LogP contribution in [-0.2, 0) is 9.84 Å². The summed E-state index contributed by atoms with van der Waals surface area (Å²) < 4.78 is 23.0. The van der Waals surface area contributed by atoms with Crippen LogP contribution >= 0.6 is 11.6 Å². The predicted molar refractivity (Wildman–Crippen MR) is 68.3 cm³/mol. The summed E-state index contributed by atoms with van der Waals surface area (Å²) >= 11 is 6.10. The summed E-state index contributed by atoms with van der Waals surface area (Å²) in [5.41, 5.74) is 3.55. The quantitative estimate of drug-likeness (QED) is 0.643. The first-order chi connectivity index (χ1) is 8.03. The Morgan fingerprint density at radius 2 is 2.12 bits per heavy atom. The molecular weight excluding hydrogens is 260 g/mol. The van der Waals surface area contributed by atoms with Crippen LogP contribution in [0, 0.1) is 5.92 Å². The molecule has 0 saturated carbocycles. The van der Waals surface area contributed by atoms with Gasteiger partial charge in [-0.25, -0.2) is 8.42 Å². The highest BCUT2D eigenvalue weighted by molar-refractivity contribution is 7.91. The first kappa shape index (κ1) is 12.8. The van der Waals surface area contributed by atoms with Crippen molar-refractivity contribution in [3.05, 3.63) is 34.9 Å². The molecule has 0 aliphatic carbocycles. The van der Waals surface area contributed by atoms with E-state index in [4.69, 9.17) is 17.4 Å². The van der Waals surface area contributed by atoms with E-state index in [1.807, 2.05) is 18.2 Å². The lowest BCUT2D eigenvalue weighted by Gasteiger charge is -2.23. The van der Waals surface area contributed by atoms with Crippen LogP contribution in [0.4, 0.5) is 0 Å². The molecule has 2 rings (SSSR count). The van der Waals surface area contributed by atoms with Crippen molar-refractivity contribution in [2.24, 2.45) is 11.8 Å². The van der Waals surface area contributed by atoms with Gasteiger partial charge in [-0.15, -0.1) is 0 Å². The van der Waals surface area contributed by atoms with Crippen molar-refractivity contribution in [2.45, 2.75) is 12.5 Å². The van der Waals surface area contributed by atoms with Gasteiger partial charge in [0.1, 0.15) is 0 Å². The van der Waals surface area contributed by atoms with Crippen molar-refractivity contribution in [1.29, 1.82) is 0 Å². The number of hydrogen-bond donors (Lipinski definition) is 2. The zero-order valence-corrected chi connectivity index (χ0v) is 10.8. The number of rotatable bonds is 3. The fourth-order valence-corrected chi connectivity index (χ4v) is 4.39. The third kappa shape index (κ3) is 2.80. The molecule has 2 unspecified atom stereocenters. The van der Waals surface area contributed by atoms with E-state index < -0.39 is 9.84 Å². The fraction of sp³-hybridized carbons (Fsp3) is 0.455. The van der Waals surface area contributed by atoms with Gasteiger partial charge in [0.05, 0.1) is 17.5 Å². The standard InChI is InChI=1S/C11H15ClN2O2S/c12-10-4-2-1-3-9(10)11(14-13)8-5-6-17(15,16)7-8/h1-4,8,11,14H,5-7,13H2. The molecule has 0 spiro atoms. The van der Waals surface area contributed by atoms with E-state index >= 15 is 0 Å². The van der Waals surface area contributed by atoms with Gasteiger partial charge in [-0.3, -0.25) is 11.3 Å². The largest absolute Gasteiger partial charge is 0.271 e. The highest BCUT2D eigenvalue weighted by Gasteiger charge is 2.34. The molecule has 0 amide bonds. The van der Waals surface area contributed by atoms with Crippen molar-refractivity contribution in [3.63, 3.8) is 0 Å². The van der Waals surface area contributed by atoms with E-state index in [0.29, 0.717) is 11.4 Å². The summed E-state index contributed by atoms with van der Waals surface area (Å²) in [5, 5.41) is 0.611. The molecule has 1 fully saturated rings. The van der Waals surface area contributed by atoms with Crippen LogP contribution in [0.25, 0.3) is 0 Å². The van der Waals surface area contributed by atoms with E-state index in [-0.39, 0.29) is 23.5 Å². The van der Waals surface area contributed by atoms with Gasteiger partial charge in [0, 0.05) is 5.02 Å².